The highest BCUT2D eigenvalue weighted by atomic mass is 15.2. The number of hydrogen-bond donors (Lipinski definition) is 1. The molecule has 2 aliphatic carbocycles. The lowest BCUT2D eigenvalue weighted by Gasteiger charge is -2.32. The number of hydrogen-bond acceptors (Lipinski definition) is 4. The molecule has 2 aliphatic rings. The summed E-state index contributed by atoms with van der Waals surface area (Å²) in [7, 11) is 0. The molecule has 0 unspecified atom stereocenters. The minimum atomic E-state index is 0.643. The van der Waals surface area contributed by atoms with Crippen LogP contribution in [0.25, 0.3) is 0 Å². The first-order valence-electron chi connectivity index (χ1n) is 7.69. The van der Waals surface area contributed by atoms with E-state index >= 15 is 0 Å². The standard InChI is InChI=1S/C15H24N4/c16-9-10-19(12-5-1-2-6-12)15-13-7-3-4-8-14(13)17-11-18-15/h11-12H,1-10,16H2. The van der Waals surface area contributed by atoms with Crippen LogP contribution in [0.15, 0.2) is 6.33 Å². The van der Waals surface area contributed by atoms with Gasteiger partial charge in [-0.05, 0) is 38.5 Å². The van der Waals surface area contributed by atoms with E-state index < -0.39 is 0 Å². The van der Waals surface area contributed by atoms with Gasteiger partial charge in [0.2, 0.25) is 0 Å². The second-order valence-electron chi connectivity index (χ2n) is 5.75. The molecule has 0 spiro atoms. The first-order chi connectivity index (χ1) is 9.40. The quantitative estimate of drug-likeness (QED) is 0.900. The van der Waals surface area contributed by atoms with Crippen molar-refractivity contribution in [3.63, 3.8) is 0 Å². The summed E-state index contributed by atoms with van der Waals surface area (Å²) in [5.41, 5.74) is 8.50. The second kappa shape index (κ2) is 5.87. The predicted molar refractivity (Wildman–Crippen MR) is 77.3 cm³/mol. The van der Waals surface area contributed by atoms with Gasteiger partial charge in [-0.3, -0.25) is 0 Å². The van der Waals surface area contributed by atoms with E-state index in [9.17, 15) is 0 Å². The van der Waals surface area contributed by atoms with E-state index in [1.165, 1.54) is 55.6 Å². The van der Waals surface area contributed by atoms with Gasteiger partial charge in [-0.25, -0.2) is 9.97 Å². The summed E-state index contributed by atoms with van der Waals surface area (Å²) < 4.78 is 0. The van der Waals surface area contributed by atoms with Crippen LogP contribution >= 0.6 is 0 Å². The van der Waals surface area contributed by atoms with Crippen molar-refractivity contribution in [3.05, 3.63) is 17.6 Å². The number of fused-ring (bicyclic) bond motifs is 1. The van der Waals surface area contributed by atoms with Crippen LogP contribution in [0.5, 0.6) is 0 Å². The van der Waals surface area contributed by atoms with Crippen molar-refractivity contribution < 1.29 is 0 Å². The summed E-state index contributed by atoms with van der Waals surface area (Å²) >= 11 is 0. The summed E-state index contributed by atoms with van der Waals surface area (Å²) in [6, 6.07) is 0.643. The maximum absolute atomic E-state index is 5.83. The SMILES string of the molecule is NCCN(c1ncnc2c1CCCC2)C1CCCC1. The maximum atomic E-state index is 5.83. The number of nitrogens with two attached hydrogens (primary N) is 1. The molecular formula is C15H24N4. The van der Waals surface area contributed by atoms with Crippen molar-refractivity contribution >= 4 is 5.82 Å². The first kappa shape index (κ1) is 12.9. The summed E-state index contributed by atoms with van der Waals surface area (Å²) in [5.74, 6) is 1.18. The molecule has 0 amide bonds. The Kier molecular flexibility index (Phi) is 3.97. The van der Waals surface area contributed by atoms with Crippen LogP contribution in [0.2, 0.25) is 0 Å². The maximum Gasteiger partial charge on any atom is 0.135 e. The van der Waals surface area contributed by atoms with E-state index in [1.54, 1.807) is 6.33 Å². The van der Waals surface area contributed by atoms with Crippen molar-refractivity contribution in [3.8, 4) is 0 Å². The summed E-state index contributed by atoms with van der Waals surface area (Å²) in [4.78, 5) is 11.6. The molecule has 1 aromatic heterocycles. The Morgan fingerprint density at radius 1 is 1.11 bits per heavy atom. The zero-order valence-corrected chi connectivity index (χ0v) is 11.6. The van der Waals surface area contributed by atoms with Gasteiger partial charge in [-0.15, -0.1) is 0 Å². The predicted octanol–water partition coefficient (Wildman–Crippen LogP) is 2.06. The van der Waals surface area contributed by atoms with Gasteiger partial charge in [0.25, 0.3) is 0 Å². The third-order valence-corrected chi connectivity index (χ3v) is 4.51. The van der Waals surface area contributed by atoms with Crippen LogP contribution in [0.1, 0.15) is 49.8 Å². The third-order valence-electron chi connectivity index (χ3n) is 4.51. The van der Waals surface area contributed by atoms with Gasteiger partial charge < -0.3 is 10.6 Å². The van der Waals surface area contributed by atoms with Crippen LogP contribution in [0, 0.1) is 0 Å². The van der Waals surface area contributed by atoms with Gasteiger partial charge in [0.05, 0.1) is 0 Å². The van der Waals surface area contributed by atoms with E-state index in [0.717, 1.165) is 19.4 Å². The average molecular weight is 260 g/mol. The number of anilines is 1. The molecule has 0 radical (unpaired) electrons. The second-order valence-corrected chi connectivity index (χ2v) is 5.75. The molecule has 0 aliphatic heterocycles. The number of aromatic nitrogens is 2. The first-order valence-corrected chi connectivity index (χ1v) is 7.69. The van der Waals surface area contributed by atoms with Crippen LogP contribution < -0.4 is 10.6 Å². The number of nitrogens with zero attached hydrogens (tertiary/aromatic N) is 3. The van der Waals surface area contributed by atoms with Crippen molar-refractivity contribution in [1.29, 1.82) is 0 Å². The Bertz CT molecular complexity index is 426. The third kappa shape index (κ3) is 2.59. The highest BCUT2D eigenvalue weighted by molar-refractivity contribution is 5.50. The van der Waals surface area contributed by atoms with E-state index in [1.807, 2.05) is 0 Å². The fourth-order valence-electron chi connectivity index (χ4n) is 3.57. The molecule has 0 aromatic carbocycles. The van der Waals surface area contributed by atoms with E-state index in [0.29, 0.717) is 12.6 Å². The number of aryl methyl sites for hydroxylation is 1. The van der Waals surface area contributed by atoms with Gasteiger partial charge in [0.15, 0.2) is 0 Å². The molecule has 0 saturated heterocycles. The summed E-state index contributed by atoms with van der Waals surface area (Å²) in [5, 5.41) is 0. The van der Waals surface area contributed by atoms with Crippen LogP contribution in [0.4, 0.5) is 5.82 Å². The smallest absolute Gasteiger partial charge is 0.135 e. The van der Waals surface area contributed by atoms with Gasteiger partial charge in [0, 0.05) is 30.4 Å². The monoisotopic (exact) mass is 260 g/mol. The van der Waals surface area contributed by atoms with Gasteiger partial charge >= 0.3 is 0 Å². The Hall–Kier alpha value is -1.16. The lowest BCUT2D eigenvalue weighted by atomic mass is 9.96. The zero-order valence-electron chi connectivity index (χ0n) is 11.6. The fourth-order valence-corrected chi connectivity index (χ4v) is 3.57. The van der Waals surface area contributed by atoms with Crippen molar-refractivity contribution in [2.24, 2.45) is 5.73 Å². The van der Waals surface area contributed by atoms with Crippen molar-refractivity contribution in [2.75, 3.05) is 18.0 Å². The van der Waals surface area contributed by atoms with Crippen LogP contribution in [-0.2, 0) is 12.8 Å². The summed E-state index contributed by atoms with van der Waals surface area (Å²) in [6.07, 6.45) is 11.8. The largest absolute Gasteiger partial charge is 0.352 e. The molecule has 104 valence electrons. The van der Waals surface area contributed by atoms with Gasteiger partial charge in [-0.1, -0.05) is 12.8 Å². The molecule has 4 heteroatoms. The number of rotatable bonds is 4. The molecule has 0 bridgehead atoms. The minimum Gasteiger partial charge on any atom is -0.352 e. The molecular weight excluding hydrogens is 236 g/mol. The van der Waals surface area contributed by atoms with Crippen LogP contribution in [0.3, 0.4) is 0 Å². The topological polar surface area (TPSA) is 55.0 Å². The summed E-state index contributed by atoms with van der Waals surface area (Å²) in [6.45, 7) is 1.63. The zero-order chi connectivity index (χ0) is 13.1. The molecule has 0 atom stereocenters. The molecule has 1 saturated carbocycles. The van der Waals surface area contributed by atoms with Crippen LogP contribution in [-0.4, -0.2) is 29.1 Å². The highest BCUT2D eigenvalue weighted by Gasteiger charge is 2.26. The van der Waals surface area contributed by atoms with E-state index in [4.69, 9.17) is 5.73 Å². The van der Waals surface area contributed by atoms with Crippen molar-refractivity contribution in [2.45, 2.75) is 57.4 Å². The Balaban J connectivity index is 1.92. The minimum absolute atomic E-state index is 0.643. The molecule has 4 nitrogen and oxygen atoms in total. The lowest BCUT2D eigenvalue weighted by Crippen LogP contribution is -2.39. The molecule has 1 fully saturated rings. The highest BCUT2D eigenvalue weighted by Crippen LogP contribution is 2.32. The molecule has 2 N–H and O–H groups in total. The van der Waals surface area contributed by atoms with E-state index in [-0.39, 0.29) is 0 Å². The van der Waals surface area contributed by atoms with Gasteiger partial charge in [-0.2, -0.15) is 0 Å². The molecule has 19 heavy (non-hydrogen) atoms. The Morgan fingerprint density at radius 3 is 2.68 bits per heavy atom. The Labute approximate surface area is 115 Å². The van der Waals surface area contributed by atoms with E-state index in [2.05, 4.69) is 14.9 Å². The molecule has 3 rings (SSSR count). The normalized spacial score (nSPS) is 19.4. The molecule has 1 heterocycles. The Morgan fingerprint density at radius 2 is 1.89 bits per heavy atom. The lowest BCUT2D eigenvalue weighted by molar-refractivity contribution is 0.587. The van der Waals surface area contributed by atoms with Gasteiger partial charge in [0.1, 0.15) is 12.1 Å². The fraction of sp³-hybridized carbons (Fsp3) is 0.733. The molecule has 1 aromatic rings. The average Bonchev–Trinajstić information content (AvgIpc) is 2.98. The van der Waals surface area contributed by atoms with Crippen molar-refractivity contribution in [1.82, 2.24) is 9.97 Å².